The Labute approximate surface area is 112 Å². The van der Waals surface area contributed by atoms with Crippen molar-refractivity contribution in [3.05, 3.63) is 28.8 Å². The van der Waals surface area contributed by atoms with Gasteiger partial charge in [-0.15, -0.1) is 11.8 Å². The van der Waals surface area contributed by atoms with E-state index >= 15 is 0 Å². The highest BCUT2D eigenvalue weighted by molar-refractivity contribution is 7.99. The lowest BCUT2D eigenvalue weighted by molar-refractivity contribution is 0.296. The van der Waals surface area contributed by atoms with Crippen LogP contribution in [0.15, 0.2) is 23.1 Å². The zero-order valence-electron chi connectivity index (χ0n) is 9.79. The van der Waals surface area contributed by atoms with Gasteiger partial charge in [0.2, 0.25) is 0 Å². The van der Waals surface area contributed by atoms with Crippen molar-refractivity contribution in [2.24, 2.45) is 0 Å². The van der Waals surface area contributed by atoms with Gasteiger partial charge in [0.25, 0.3) is 0 Å². The second kappa shape index (κ2) is 6.64. The number of benzene rings is 1. The first kappa shape index (κ1) is 13.2. The monoisotopic (exact) mass is 271 g/mol. The molecule has 1 aliphatic rings. The van der Waals surface area contributed by atoms with Crippen LogP contribution in [-0.4, -0.2) is 23.5 Å². The van der Waals surface area contributed by atoms with E-state index in [9.17, 15) is 0 Å². The van der Waals surface area contributed by atoms with Crippen LogP contribution >= 0.6 is 23.4 Å². The Hall–Kier alpha value is -0.220. The van der Waals surface area contributed by atoms with E-state index in [-0.39, 0.29) is 6.61 Å². The fraction of sp³-hybridized carbons (Fsp3) is 0.538. The molecule has 0 heterocycles. The molecule has 0 amide bonds. The average Bonchev–Trinajstić information content (AvgIpc) is 3.12. The summed E-state index contributed by atoms with van der Waals surface area (Å²) >= 11 is 7.79. The van der Waals surface area contributed by atoms with E-state index in [4.69, 9.17) is 16.7 Å². The summed E-state index contributed by atoms with van der Waals surface area (Å²) in [5, 5.41) is 13.1. The Bertz CT molecular complexity index is 368. The van der Waals surface area contributed by atoms with Crippen LogP contribution in [0, 0.1) is 0 Å². The number of rotatable bonds is 7. The minimum atomic E-state index is 0.253. The molecule has 0 unspecified atom stereocenters. The van der Waals surface area contributed by atoms with Crippen LogP contribution in [0.5, 0.6) is 0 Å². The van der Waals surface area contributed by atoms with Crippen molar-refractivity contribution in [1.29, 1.82) is 0 Å². The molecule has 0 aliphatic heterocycles. The van der Waals surface area contributed by atoms with Crippen molar-refractivity contribution in [2.75, 3.05) is 12.4 Å². The summed E-state index contributed by atoms with van der Waals surface area (Å²) in [6.45, 7) is 1.17. The van der Waals surface area contributed by atoms with Crippen LogP contribution in [0.1, 0.15) is 24.8 Å². The van der Waals surface area contributed by atoms with Crippen molar-refractivity contribution in [2.45, 2.75) is 36.7 Å². The smallest absolute Gasteiger partial charge is 0.0439 e. The van der Waals surface area contributed by atoms with Gasteiger partial charge in [-0.2, -0.15) is 0 Å². The molecule has 2 rings (SSSR count). The van der Waals surface area contributed by atoms with E-state index < -0.39 is 0 Å². The normalized spacial score (nSPS) is 15.2. The van der Waals surface area contributed by atoms with Crippen LogP contribution in [0.3, 0.4) is 0 Å². The van der Waals surface area contributed by atoms with E-state index in [1.807, 2.05) is 12.1 Å². The molecule has 1 saturated carbocycles. The molecule has 1 aromatic rings. The van der Waals surface area contributed by atoms with Crippen molar-refractivity contribution in [3.63, 3.8) is 0 Å². The third-order valence-electron chi connectivity index (χ3n) is 2.75. The zero-order chi connectivity index (χ0) is 12.1. The molecular weight excluding hydrogens is 254 g/mol. The Morgan fingerprint density at radius 2 is 2.24 bits per heavy atom. The van der Waals surface area contributed by atoms with Gasteiger partial charge in [0.1, 0.15) is 0 Å². The third-order valence-corrected chi connectivity index (χ3v) is 4.17. The molecule has 1 aliphatic carbocycles. The second-order valence-corrected chi connectivity index (χ2v) is 5.91. The Kier molecular flexibility index (Phi) is 5.16. The number of hydrogen-bond acceptors (Lipinski definition) is 3. The van der Waals surface area contributed by atoms with Crippen molar-refractivity contribution in [1.82, 2.24) is 5.32 Å². The summed E-state index contributed by atoms with van der Waals surface area (Å²) in [7, 11) is 0. The van der Waals surface area contributed by atoms with Crippen LogP contribution < -0.4 is 5.32 Å². The number of halogens is 1. The molecule has 0 radical (unpaired) electrons. The van der Waals surface area contributed by atoms with Gasteiger partial charge in [-0.05, 0) is 37.0 Å². The number of hydrogen-bond donors (Lipinski definition) is 2. The van der Waals surface area contributed by atoms with Gasteiger partial charge in [-0.1, -0.05) is 17.7 Å². The summed E-state index contributed by atoms with van der Waals surface area (Å²) in [6.07, 6.45) is 3.44. The molecule has 2 N–H and O–H groups in total. The molecule has 1 fully saturated rings. The van der Waals surface area contributed by atoms with Crippen molar-refractivity contribution >= 4 is 23.4 Å². The largest absolute Gasteiger partial charge is 0.396 e. The summed E-state index contributed by atoms with van der Waals surface area (Å²) in [5.41, 5.74) is 1.31. The lowest BCUT2D eigenvalue weighted by atomic mass is 10.2. The van der Waals surface area contributed by atoms with E-state index in [1.165, 1.54) is 23.3 Å². The van der Waals surface area contributed by atoms with Gasteiger partial charge in [-0.3, -0.25) is 0 Å². The first-order valence-electron chi connectivity index (χ1n) is 6.05. The van der Waals surface area contributed by atoms with Crippen LogP contribution in [0.2, 0.25) is 5.02 Å². The summed E-state index contributed by atoms with van der Waals surface area (Å²) in [5.74, 6) is 0.938. The first-order chi connectivity index (χ1) is 8.29. The maximum absolute atomic E-state index is 8.80. The quantitative estimate of drug-likeness (QED) is 0.591. The molecular formula is C13H18ClNOS. The first-order valence-corrected chi connectivity index (χ1v) is 7.41. The van der Waals surface area contributed by atoms with Crippen LogP contribution in [-0.2, 0) is 6.54 Å². The lowest BCUT2D eigenvalue weighted by Crippen LogP contribution is -2.15. The van der Waals surface area contributed by atoms with Crippen LogP contribution in [0.25, 0.3) is 0 Å². The highest BCUT2D eigenvalue weighted by Gasteiger charge is 2.20. The third kappa shape index (κ3) is 4.51. The average molecular weight is 272 g/mol. The fourth-order valence-corrected chi connectivity index (χ4v) is 2.86. The SMILES string of the molecule is OCCCSc1cc(Cl)ccc1CNC1CC1. The van der Waals surface area contributed by atoms with E-state index in [1.54, 1.807) is 11.8 Å². The molecule has 0 atom stereocenters. The van der Waals surface area contributed by atoms with Crippen molar-refractivity contribution < 1.29 is 5.11 Å². The molecule has 17 heavy (non-hydrogen) atoms. The zero-order valence-corrected chi connectivity index (χ0v) is 11.4. The number of nitrogens with one attached hydrogen (secondary N) is 1. The maximum atomic E-state index is 8.80. The second-order valence-electron chi connectivity index (χ2n) is 4.33. The summed E-state index contributed by atoms with van der Waals surface area (Å²) in [6, 6.07) is 6.79. The molecule has 0 bridgehead atoms. The molecule has 4 heteroatoms. The van der Waals surface area contributed by atoms with Gasteiger partial charge < -0.3 is 10.4 Å². The minimum absolute atomic E-state index is 0.253. The highest BCUT2D eigenvalue weighted by atomic mass is 35.5. The predicted molar refractivity (Wildman–Crippen MR) is 73.7 cm³/mol. The number of aliphatic hydroxyl groups is 1. The van der Waals surface area contributed by atoms with Gasteiger partial charge in [0.15, 0.2) is 0 Å². The predicted octanol–water partition coefficient (Wildman–Crippen LogP) is 3.07. The summed E-state index contributed by atoms with van der Waals surface area (Å²) in [4.78, 5) is 1.24. The Morgan fingerprint density at radius 1 is 1.41 bits per heavy atom. The van der Waals surface area contributed by atoms with E-state index in [2.05, 4.69) is 11.4 Å². The Balaban J connectivity index is 1.95. The number of aliphatic hydroxyl groups excluding tert-OH is 1. The molecule has 1 aromatic carbocycles. The fourth-order valence-electron chi connectivity index (χ4n) is 1.60. The Morgan fingerprint density at radius 3 is 2.94 bits per heavy atom. The van der Waals surface area contributed by atoms with E-state index in [0.29, 0.717) is 0 Å². The van der Waals surface area contributed by atoms with Gasteiger partial charge in [0, 0.05) is 34.9 Å². The molecule has 2 nitrogen and oxygen atoms in total. The molecule has 0 aromatic heterocycles. The van der Waals surface area contributed by atoms with E-state index in [0.717, 1.165) is 29.8 Å². The maximum Gasteiger partial charge on any atom is 0.0439 e. The molecule has 0 spiro atoms. The summed E-state index contributed by atoms with van der Waals surface area (Å²) < 4.78 is 0. The van der Waals surface area contributed by atoms with Crippen LogP contribution in [0.4, 0.5) is 0 Å². The van der Waals surface area contributed by atoms with Gasteiger partial charge >= 0.3 is 0 Å². The molecule has 94 valence electrons. The number of thioether (sulfide) groups is 1. The topological polar surface area (TPSA) is 32.3 Å². The standard InChI is InChI=1S/C13H18ClNOS/c14-11-3-2-10(9-15-12-4-5-12)13(8-11)17-7-1-6-16/h2-3,8,12,15-16H,1,4-7,9H2. The van der Waals surface area contributed by atoms with Crippen molar-refractivity contribution in [3.8, 4) is 0 Å². The minimum Gasteiger partial charge on any atom is -0.396 e. The van der Waals surface area contributed by atoms with Gasteiger partial charge in [0.05, 0.1) is 0 Å². The van der Waals surface area contributed by atoms with Gasteiger partial charge in [-0.25, -0.2) is 0 Å². The lowest BCUT2D eigenvalue weighted by Gasteiger charge is -2.10. The highest BCUT2D eigenvalue weighted by Crippen LogP contribution is 2.28. The molecule has 0 saturated heterocycles.